The van der Waals surface area contributed by atoms with Gasteiger partial charge in [0.25, 0.3) is 5.91 Å². The van der Waals surface area contributed by atoms with E-state index in [-0.39, 0.29) is 11.4 Å². The summed E-state index contributed by atoms with van der Waals surface area (Å²) in [5.41, 5.74) is 1.71. The molecule has 3 fully saturated rings. The lowest BCUT2D eigenvalue weighted by molar-refractivity contribution is -0.00648. The number of halogens is 1. The van der Waals surface area contributed by atoms with Crippen molar-refractivity contribution < 1.29 is 9.18 Å². The van der Waals surface area contributed by atoms with Gasteiger partial charge in [-0.2, -0.15) is 0 Å². The summed E-state index contributed by atoms with van der Waals surface area (Å²) in [7, 11) is 0. The van der Waals surface area contributed by atoms with Crippen molar-refractivity contribution in [1.29, 1.82) is 0 Å². The Kier molecular flexibility index (Phi) is 3.93. The van der Waals surface area contributed by atoms with Crippen LogP contribution in [0.15, 0.2) is 54.9 Å². The zero-order chi connectivity index (χ0) is 19.2. The summed E-state index contributed by atoms with van der Waals surface area (Å²) in [5.74, 6) is -0.100. The molecule has 6 rings (SSSR count). The van der Waals surface area contributed by atoms with Crippen LogP contribution in [0.1, 0.15) is 48.9 Å². The van der Waals surface area contributed by atoms with Crippen LogP contribution < -0.4 is 5.32 Å². The zero-order valence-corrected chi connectivity index (χ0v) is 15.6. The number of aromatic nitrogens is 2. The Bertz CT molecular complexity index is 1030. The van der Waals surface area contributed by atoms with Gasteiger partial charge in [-0.05, 0) is 62.8 Å². The molecule has 2 heterocycles. The van der Waals surface area contributed by atoms with Crippen LogP contribution in [0.25, 0.3) is 22.2 Å². The van der Waals surface area contributed by atoms with Crippen LogP contribution in [0.4, 0.5) is 4.39 Å². The summed E-state index contributed by atoms with van der Waals surface area (Å²) in [5, 5.41) is 4.10. The molecular weight excluding hydrogens is 353 g/mol. The van der Waals surface area contributed by atoms with Crippen LogP contribution in [0, 0.1) is 0 Å². The van der Waals surface area contributed by atoms with Gasteiger partial charge < -0.3 is 5.32 Å². The number of hydrogen-bond donors (Lipinski definition) is 1. The second kappa shape index (κ2) is 6.36. The number of fused-ring (bicyclic) bond motifs is 4. The second-order valence-electron chi connectivity index (χ2n) is 8.20. The van der Waals surface area contributed by atoms with Crippen molar-refractivity contribution in [2.24, 2.45) is 0 Å². The van der Waals surface area contributed by atoms with E-state index in [4.69, 9.17) is 4.98 Å². The SMILES string of the molecule is O=C(NC12CCC(F)(CC1)CC2)c1cc(-c2cccnc2)nc2ccccc12. The first-order valence-corrected chi connectivity index (χ1v) is 9.88. The molecule has 3 aromatic rings. The van der Waals surface area contributed by atoms with E-state index in [9.17, 15) is 9.18 Å². The lowest BCUT2D eigenvalue weighted by atomic mass is 9.64. The highest BCUT2D eigenvalue weighted by Crippen LogP contribution is 2.49. The monoisotopic (exact) mass is 375 g/mol. The van der Waals surface area contributed by atoms with Crippen molar-refractivity contribution in [1.82, 2.24) is 15.3 Å². The van der Waals surface area contributed by atoms with Crippen LogP contribution >= 0.6 is 0 Å². The summed E-state index contributed by atoms with van der Waals surface area (Å²) in [4.78, 5) is 22.2. The Morgan fingerprint density at radius 3 is 2.46 bits per heavy atom. The van der Waals surface area contributed by atoms with E-state index in [1.165, 1.54) is 0 Å². The summed E-state index contributed by atoms with van der Waals surface area (Å²) < 4.78 is 14.5. The van der Waals surface area contributed by atoms with Gasteiger partial charge in [-0.15, -0.1) is 0 Å². The Balaban J connectivity index is 1.53. The number of nitrogens with zero attached hydrogens (tertiary/aromatic N) is 2. The molecule has 1 amide bonds. The first-order chi connectivity index (χ1) is 13.6. The number of hydrogen-bond acceptors (Lipinski definition) is 3. The highest BCUT2D eigenvalue weighted by molar-refractivity contribution is 6.07. The number of carbonyl (C=O) groups is 1. The molecule has 28 heavy (non-hydrogen) atoms. The van der Waals surface area contributed by atoms with Gasteiger partial charge in [-0.3, -0.25) is 9.78 Å². The maximum Gasteiger partial charge on any atom is 0.252 e. The number of carbonyl (C=O) groups excluding carboxylic acids is 1. The molecular formula is C23H22FN3O. The van der Waals surface area contributed by atoms with Gasteiger partial charge in [0.1, 0.15) is 5.67 Å². The van der Waals surface area contributed by atoms with E-state index in [1.54, 1.807) is 12.4 Å². The quantitative estimate of drug-likeness (QED) is 0.713. The third-order valence-corrected chi connectivity index (χ3v) is 6.45. The molecule has 0 aliphatic heterocycles. The predicted molar refractivity (Wildman–Crippen MR) is 107 cm³/mol. The van der Waals surface area contributed by atoms with E-state index in [1.807, 2.05) is 42.5 Å². The Hall–Kier alpha value is -2.82. The minimum absolute atomic E-state index is 0.100. The minimum Gasteiger partial charge on any atom is -0.347 e. The van der Waals surface area contributed by atoms with E-state index in [0.717, 1.165) is 22.2 Å². The number of nitrogens with one attached hydrogen (secondary N) is 1. The van der Waals surface area contributed by atoms with Crippen molar-refractivity contribution in [3.8, 4) is 11.3 Å². The van der Waals surface area contributed by atoms with E-state index < -0.39 is 5.67 Å². The molecule has 0 unspecified atom stereocenters. The first kappa shape index (κ1) is 17.3. The van der Waals surface area contributed by atoms with Gasteiger partial charge in [0.15, 0.2) is 0 Å². The summed E-state index contributed by atoms with van der Waals surface area (Å²) in [6, 6.07) is 13.3. The molecule has 0 saturated heterocycles. The summed E-state index contributed by atoms with van der Waals surface area (Å²) >= 11 is 0. The van der Waals surface area contributed by atoms with E-state index >= 15 is 0 Å². The molecule has 3 aliphatic rings. The molecule has 1 aromatic carbocycles. The topological polar surface area (TPSA) is 54.9 Å². The largest absolute Gasteiger partial charge is 0.347 e. The zero-order valence-electron chi connectivity index (χ0n) is 15.6. The van der Waals surface area contributed by atoms with Crippen molar-refractivity contribution in [3.63, 3.8) is 0 Å². The molecule has 1 N–H and O–H groups in total. The summed E-state index contributed by atoms with van der Waals surface area (Å²) in [6.07, 6.45) is 7.26. The molecule has 5 heteroatoms. The van der Waals surface area contributed by atoms with E-state index in [2.05, 4.69) is 10.3 Å². The van der Waals surface area contributed by atoms with Crippen molar-refractivity contribution in [2.75, 3.05) is 0 Å². The van der Waals surface area contributed by atoms with Crippen LogP contribution in [0.2, 0.25) is 0 Å². The molecule has 3 aliphatic carbocycles. The van der Waals surface area contributed by atoms with Crippen LogP contribution in [-0.4, -0.2) is 27.1 Å². The highest BCUT2D eigenvalue weighted by Gasteiger charge is 2.49. The first-order valence-electron chi connectivity index (χ1n) is 9.88. The van der Waals surface area contributed by atoms with Gasteiger partial charge in [-0.25, -0.2) is 9.37 Å². The number of alkyl halides is 1. The van der Waals surface area contributed by atoms with Gasteiger partial charge >= 0.3 is 0 Å². The fourth-order valence-corrected chi connectivity index (χ4v) is 4.66. The average Bonchev–Trinajstić information content (AvgIpc) is 2.75. The number of para-hydroxylation sites is 1. The molecule has 4 nitrogen and oxygen atoms in total. The highest BCUT2D eigenvalue weighted by atomic mass is 19.1. The fraction of sp³-hybridized carbons (Fsp3) is 0.348. The van der Waals surface area contributed by atoms with Gasteiger partial charge in [0.05, 0.1) is 16.8 Å². The predicted octanol–water partition coefficient (Wildman–Crippen LogP) is 4.84. The molecule has 2 bridgehead atoms. The lowest BCUT2D eigenvalue weighted by Gasteiger charge is -2.49. The third-order valence-electron chi connectivity index (χ3n) is 6.45. The average molecular weight is 375 g/mol. The Labute approximate surface area is 163 Å². The molecule has 0 spiro atoms. The summed E-state index contributed by atoms with van der Waals surface area (Å²) in [6.45, 7) is 0. The number of amides is 1. The molecule has 0 atom stereocenters. The Morgan fingerprint density at radius 1 is 1.00 bits per heavy atom. The standard InChI is InChI=1S/C23H22FN3O/c24-22-7-10-23(11-8-22,12-9-22)27-21(28)18-14-20(16-4-3-13-25-15-16)26-19-6-2-1-5-17(18)19/h1-6,13-15H,7-12H2,(H,27,28). The van der Waals surface area contributed by atoms with Gasteiger partial charge in [0, 0.05) is 28.9 Å². The smallest absolute Gasteiger partial charge is 0.252 e. The van der Waals surface area contributed by atoms with Crippen LogP contribution in [0.5, 0.6) is 0 Å². The third kappa shape index (κ3) is 2.95. The number of rotatable bonds is 3. The van der Waals surface area contributed by atoms with Crippen LogP contribution in [-0.2, 0) is 0 Å². The van der Waals surface area contributed by atoms with Gasteiger partial charge in [-0.1, -0.05) is 18.2 Å². The molecule has 142 valence electrons. The molecule has 0 radical (unpaired) electrons. The van der Waals surface area contributed by atoms with Crippen LogP contribution in [0.3, 0.4) is 0 Å². The van der Waals surface area contributed by atoms with E-state index in [0.29, 0.717) is 44.1 Å². The fourth-order valence-electron chi connectivity index (χ4n) is 4.66. The number of benzene rings is 1. The molecule has 2 aromatic heterocycles. The van der Waals surface area contributed by atoms with Crippen molar-refractivity contribution in [3.05, 3.63) is 60.4 Å². The van der Waals surface area contributed by atoms with Gasteiger partial charge in [0.2, 0.25) is 0 Å². The lowest BCUT2D eigenvalue weighted by Crippen LogP contribution is -2.57. The maximum absolute atomic E-state index is 14.5. The normalized spacial score (nSPS) is 26.3. The molecule has 3 saturated carbocycles. The minimum atomic E-state index is -1.01. The maximum atomic E-state index is 14.5. The van der Waals surface area contributed by atoms with Crippen molar-refractivity contribution >= 4 is 16.8 Å². The second-order valence-corrected chi connectivity index (χ2v) is 8.20. The Morgan fingerprint density at radius 2 is 1.75 bits per heavy atom. The number of pyridine rings is 2. The van der Waals surface area contributed by atoms with Crippen molar-refractivity contribution in [2.45, 2.75) is 49.7 Å².